The van der Waals surface area contributed by atoms with Gasteiger partial charge in [0.2, 0.25) is 0 Å². The fourth-order valence-corrected chi connectivity index (χ4v) is 7.71. The van der Waals surface area contributed by atoms with Crippen LogP contribution in [0.1, 0.15) is 134 Å². The first-order valence-corrected chi connectivity index (χ1v) is 20.5. The van der Waals surface area contributed by atoms with Gasteiger partial charge in [-0.1, -0.05) is 106 Å². The van der Waals surface area contributed by atoms with E-state index in [2.05, 4.69) is 200 Å². The van der Waals surface area contributed by atoms with Crippen molar-refractivity contribution in [1.29, 1.82) is 0 Å². The van der Waals surface area contributed by atoms with Crippen molar-refractivity contribution in [2.45, 2.75) is 118 Å². The third kappa shape index (κ3) is 10.4. The Morgan fingerprint density at radius 3 is 1.44 bits per heavy atom. The molecule has 0 heterocycles. The van der Waals surface area contributed by atoms with Crippen LogP contribution >= 0.6 is 31.9 Å². The molecule has 0 nitrogen and oxygen atoms in total. The largest absolute Gasteiger partial charge is 0.273 e. The van der Waals surface area contributed by atoms with Crippen molar-refractivity contribution in [3.8, 4) is 11.1 Å². The molecule has 50 heavy (non-hydrogen) atoms. The molecule has 0 saturated heterocycles. The van der Waals surface area contributed by atoms with Crippen LogP contribution in [0.5, 0.6) is 0 Å². The van der Waals surface area contributed by atoms with E-state index < -0.39 is 0 Å². The molecular weight excluding hydrogens is 816 g/mol. The Morgan fingerprint density at radius 1 is 0.600 bits per heavy atom. The molecule has 0 radical (unpaired) electrons. The van der Waals surface area contributed by atoms with E-state index in [4.69, 9.17) is 0 Å². The Bertz CT molecular complexity index is 1740. The van der Waals surface area contributed by atoms with E-state index in [9.17, 15) is 0 Å². The van der Waals surface area contributed by atoms with Crippen LogP contribution in [0.15, 0.2) is 93.9 Å². The molecule has 0 unspecified atom stereocenters. The number of rotatable bonds is 2. The number of benzene rings is 4. The molecule has 0 aliphatic heterocycles. The summed E-state index contributed by atoms with van der Waals surface area (Å²) in [7, 11) is 0. The fourth-order valence-electron chi connectivity index (χ4n) is 6.36. The van der Waals surface area contributed by atoms with Crippen LogP contribution in [0.25, 0.3) is 11.1 Å². The van der Waals surface area contributed by atoms with Crippen molar-refractivity contribution in [2.24, 2.45) is 0 Å². The van der Waals surface area contributed by atoms with Crippen molar-refractivity contribution in [3.63, 3.8) is 0 Å². The third-order valence-electron chi connectivity index (χ3n) is 9.09. The van der Waals surface area contributed by atoms with Gasteiger partial charge >= 0.3 is 128 Å². The summed E-state index contributed by atoms with van der Waals surface area (Å²) in [4.78, 5) is 0. The van der Waals surface area contributed by atoms with Gasteiger partial charge in [0, 0.05) is 0 Å². The van der Waals surface area contributed by atoms with Gasteiger partial charge in [0.15, 0.2) is 0 Å². The molecule has 3 heteroatoms. The normalized spacial score (nSPS) is 13.6. The second kappa shape index (κ2) is 16.0. The molecule has 260 valence electrons. The predicted molar refractivity (Wildman–Crippen MR) is 221 cm³/mol. The van der Waals surface area contributed by atoms with E-state index in [1.54, 1.807) is 0 Å². The van der Waals surface area contributed by atoms with Gasteiger partial charge in [0.1, 0.15) is 0 Å². The third-order valence-corrected chi connectivity index (χ3v) is 11.6. The summed E-state index contributed by atoms with van der Waals surface area (Å²) in [6.07, 6.45) is 11.0. The molecule has 0 amide bonds. The molecule has 0 spiro atoms. The van der Waals surface area contributed by atoms with E-state index in [0.717, 1.165) is 21.8 Å². The summed E-state index contributed by atoms with van der Waals surface area (Å²) in [6.45, 7) is 28.0. The molecule has 0 atom stereocenters. The van der Waals surface area contributed by atoms with Crippen molar-refractivity contribution < 1.29 is 24.2 Å². The van der Waals surface area contributed by atoms with Crippen LogP contribution in [0.2, 0.25) is 0 Å². The number of allylic oxidation sites excluding steroid dienone is 4. The van der Waals surface area contributed by atoms with Crippen molar-refractivity contribution >= 4 is 35.1 Å². The number of hydrogen-bond acceptors (Lipinski definition) is 0. The van der Waals surface area contributed by atoms with Crippen LogP contribution in [0, 0.1) is 12.1 Å². The average molecular weight is 870 g/mol. The van der Waals surface area contributed by atoms with Crippen LogP contribution in [0.3, 0.4) is 0 Å². The smallest absolute Gasteiger partial charge is 0.0129 e. The summed E-state index contributed by atoms with van der Waals surface area (Å²) in [6, 6.07) is 28.3. The molecule has 6 rings (SSSR count). The predicted octanol–water partition coefficient (Wildman–Crippen LogP) is 13.9. The van der Waals surface area contributed by atoms with E-state index in [1.807, 2.05) is 12.2 Å². The Kier molecular flexibility index (Phi) is 13.1. The first kappa shape index (κ1) is 40.8. The van der Waals surface area contributed by atoms with E-state index >= 15 is 0 Å². The number of fused-ring (bicyclic) bond motifs is 3. The monoisotopic (exact) mass is 866 g/mol. The maximum Gasteiger partial charge on any atom is -0.0129 e. The van der Waals surface area contributed by atoms with Crippen LogP contribution in [0.4, 0.5) is 0 Å². The minimum Gasteiger partial charge on any atom is -0.273 e. The van der Waals surface area contributed by atoms with Gasteiger partial charge < -0.3 is 0 Å². The molecule has 4 aromatic rings. The van der Waals surface area contributed by atoms with Gasteiger partial charge in [-0.3, -0.25) is 6.08 Å². The minimum absolute atomic E-state index is 0.0968. The van der Waals surface area contributed by atoms with Crippen LogP contribution in [-0.4, -0.2) is 3.21 Å². The first-order valence-electron chi connectivity index (χ1n) is 17.7. The zero-order valence-electron chi connectivity index (χ0n) is 32.3. The molecule has 0 fully saturated rings. The Morgan fingerprint density at radius 2 is 1.06 bits per heavy atom. The Labute approximate surface area is 335 Å². The van der Waals surface area contributed by atoms with Gasteiger partial charge in [0.25, 0.3) is 0 Å². The maximum atomic E-state index is 3.90. The molecular formula is C47H54Br2Zr. The molecule has 2 aliphatic rings. The first-order chi connectivity index (χ1) is 23.1. The van der Waals surface area contributed by atoms with E-state index in [0.29, 0.717) is 0 Å². The molecule has 4 aromatic carbocycles. The van der Waals surface area contributed by atoms with Gasteiger partial charge in [-0.15, -0.1) is 23.1 Å². The second-order valence-electron chi connectivity index (χ2n) is 17.6. The zero-order chi connectivity index (χ0) is 37.2. The topological polar surface area (TPSA) is 0 Å². The van der Waals surface area contributed by atoms with Crippen LogP contribution < -0.4 is 0 Å². The maximum absolute atomic E-state index is 3.90. The Hall–Kier alpha value is -1.93. The number of halogens is 2. The SMILES string of the molecule is Brc1ccc([C](=[Zr+2])c2ccc(Br)cc2)cc1.CC(C)(C)c1[c-]c2c(cc1C(C)(C)C)-c1cc(C(C)(C)C)c(C(C)(C)C)cc1C2.[C-]1=CC=CC1. The zero-order valence-corrected chi connectivity index (χ0v) is 37.9. The molecule has 2 aliphatic carbocycles. The van der Waals surface area contributed by atoms with Gasteiger partial charge in [0.05, 0.1) is 0 Å². The Balaban J connectivity index is 0.000000221. The molecule has 0 bridgehead atoms. The van der Waals surface area contributed by atoms with Crippen molar-refractivity contribution in [1.82, 2.24) is 0 Å². The summed E-state index contributed by atoms with van der Waals surface area (Å²) >= 11 is 8.34. The van der Waals surface area contributed by atoms with Crippen molar-refractivity contribution in [2.75, 3.05) is 0 Å². The van der Waals surface area contributed by atoms with Gasteiger partial charge in [-0.25, -0.2) is 12.2 Å². The van der Waals surface area contributed by atoms with Crippen LogP contribution in [-0.2, 0) is 52.3 Å². The summed E-state index contributed by atoms with van der Waals surface area (Å²) < 4.78 is 3.62. The molecule has 0 aromatic heterocycles. The van der Waals surface area contributed by atoms with E-state index in [-0.39, 0.29) is 21.7 Å². The van der Waals surface area contributed by atoms with Crippen molar-refractivity contribution in [3.05, 3.63) is 151 Å². The summed E-state index contributed by atoms with van der Waals surface area (Å²) in [5.41, 5.74) is 14.5. The second-order valence-corrected chi connectivity index (χ2v) is 20.6. The fraction of sp³-hybridized carbons (Fsp3) is 0.383. The average Bonchev–Trinajstić information content (AvgIpc) is 3.71. The minimum atomic E-state index is 0.0968. The van der Waals surface area contributed by atoms with Gasteiger partial charge in [-0.2, -0.15) is 23.8 Å². The summed E-state index contributed by atoms with van der Waals surface area (Å²) in [5, 5.41) is 0. The van der Waals surface area contributed by atoms with Gasteiger partial charge in [-0.05, 0) is 39.4 Å². The molecule has 0 N–H and O–H groups in total. The number of hydrogen-bond donors (Lipinski definition) is 0. The standard InChI is InChI=1S/C29H41.C13H8Br2.C5H5.Zr/c1-26(2,3)22-14-18-13-19-15-23(27(4,5)6)25(29(10,11)12)17-21(19)20(18)16-24(22)28(7,8)9;14-12-5-1-10(2-6-12)9-11-3-7-13(15)8-4-11;1-2-4-5-3-1;/h14,16-17H,13H2,1-12H3;1-8H;1-3H,4H2;/q-1;;-1;+2. The quantitative estimate of drug-likeness (QED) is 0.155. The summed E-state index contributed by atoms with van der Waals surface area (Å²) in [5.74, 6) is 0. The molecule has 0 saturated carbocycles. The van der Waals surface area contributed by atoms with E-state index in [1.165, 1.54) is 83.1 Å².